The highest BCUT2D eigenvalue weighted by Crippen LogP contribution is 2.41. The number of thioether (sulfide) groups is 1. The lowest BCUT2D eigenvalue weighted by atomic mass is 9.75. The van der Waals surface area contributed by atoms with Crippen molar-refractivity contribution in [3.8, 4) is 0 Å². The van der Waals surface area contributed by atoms with Crippen molar-refractivity contribution in [3.05, 3.63) is 0 Å². The van der Waals surface area contributed by atoms with Crippen molar-refractivity contribution in [2.45, 2.75) is 58.9 Å². The summed E-state index contributed by atoms with van der Waals surface area (Å²) in [5, 5.41) is 7.17. The van der Waals surface area contributed by atoms with Crippen molar-refractivity contribution in [1.29, 1.82) is 0 Å². The minimum Gasteiger partial charge on any atom is -0.354 e. The topological polar surface area (TPSA) is 53.5 Å². The maximum atomic E-state index is 12.0. The third-order valence-corrected chi connectivity index (χ3v) is 5.68. The maximum Gasteiger partial charge on any atom is 0.242 e. The fraction of sp³-hybridized carbons (Fsp3) is 0.875. The van der Waals surface area contributed by atoms with Crippen molar-refractivity contribution in [2.75, 3.05) is 18.8 Å². The third kappa shape index (κ3) is 4.90. The Hall–Kier alpha value is -0.710. The molecule has 0 aromatic rings. The number of nitrogens with zero attached hydrogens (tertiary/aromatic N) is 1. The highest BCUT2D eigenvalue weighted by Gasteiger charge is 2.35. The van der Waals surface area contributed by atoms with E-state index in [-0.39, 0.29) is 11.9 Å². The SMILES string of the molecule is CC(C)CNC(=O)C(C)NC1=NCC2(CCCCC2)CS1. The van der Waals surface area contributed by atoms with Crippen LogP contribution in [-0.2, 0) is 4.79 Å². The van der Waals surface area contributed by atoms with Crippen molar-refractivity contribution in [3.63, 3.8) is 0 Å². The molecule has 1 aliphatic heterocycles. The maximum absolute atomic E-state index is 12.0. The van der Waals surface area contributed by atoms with Crippen molar-refractivity contribution in [2.24, 2.45) is 16.3 Å². The van der Waals surface area contributed by atoms with E-state index in [9.17, 15) is 4.79 Å². The van der Waals surface area contributed by atoms with Crippen LogP contribution in [0.2, 0.25) is 0 Å². The summed E-state index contributed by atoms with van der Waals surface area (Å²) in [4.78, 5) is 16.7. The van der Waals surface area contributed by atoms with Crippen molar-refractivity contribution in [1.82, 2.24) is 10.6 Å². The van der Waals surface area contributed by atoms with Gasteiger partial charge in [-0.25, -0.2) is 0 Å². The molecule has 4 nitrogen and oxygen atoms in total. The van der Waals surface area contributed by atoms with E-state index in [1.807, 2.05) is 6.92 Å². The van der Waals surface area contributed by atoms with Crippen LogP contribution in [0.4, 0.5) is 0 Å². The van der Waals surface area contributed by atoms with E-state index in [2.05, 4.69) is 24.5 Å². The minimum absolute atomic E-state index is 0.0601. The fourth-order valence-corrected chi connectivity index (χ4v) is 4.19. The van der Waals surface area contributed by atoms with Crippen LogP contribution in [-0.4, -0.2) is 36.0 Å². The molecular weight excluding hydrogens is 282 g/mol. The smallest absolute Gasteiger partial charge is 0.242 e. The Balaban J connectivity index is 1.79. The predicted molar refractivity (Wildman–Crippen MR) is 90.7 cm³/mol. The molecule has 1 atom stereocenters. The molecule has 5 heteroatoms. The lowest BCUT2D eigenvalue weighted by Gasteiger charge is -2.38. The van der Waals surface area contributed by atoms with Gasteiger partial charge in [0, 0.05) is 18.8 Å². The van der Waals surface area contributed by atoms with Crippen molar-refractivity contribution < 1.29 is 4.79 Å². The van der Waals surface area contributed by atoms with Gasteiger partial charge in [0.25, 0.3) is 0 Å². The molecule has 0 saturated heterocycles. The standard InChI is InChI=1S/C16H29N3OS/c1-12(2)9-17-14(20)13(3)19-15-18-10-16(11-21-15)7-5-4-6-8-16/h12-13H,4-11H2,1-3H3,(H,17,20)(H,18,19). The first kappa shape index (κ1) is 16.7. The monoisotopic (exact) mass is 311 g/mol. The zero-order chi connectivity index (χ0) is 15.3. The molecule has 1 aliphatic carbocycles. The Morgan fingerprint density at radius 2 is 2.00 bits per heavy atom. The zero-order valence-corrected chi connectivity index (χ0v) is 14.4. The molecule has 2 rings (SSSR count). The van der Waals surface area contributed by atoms with E-state index in [4.69, 9.17) is 4.99 Å². The van der Waals surface area contributed by atoms with E-state index in [1.54, 1.807) is 11.8 Å². The second-order valence-corrected chi connectivity index (χ2v) is 7.94. The number of carbonyl (C=O) groups is 1. The average Bonchev–Trinajstić information content (AvgIpc) is 2.48. The van der Waals surface area contributed by atoms with E-state index in [0.29, 0.717) is 11.3 Å². The normalized spacial score (nSPS) is 22.8. The van der Waals surface area contributed by atoms with Gasteiger partial charge < -0.3 is 10.6 Å². The molecule has 1 spiro atoms. The minimum atomic E-state index is -0.213. The largest absolute Gasteiger partial charge is 0.354 e. The first-order valence-corrected chi connectivity index (χ1v) is 9.21. The number of nitrogens with one attached hydrogen (secondary N) is 2. The molecule has 1 fully saturated rings. The summed E-state index contributed by atoms with van der Waals surface area (Å²) in [6, 6.07) is -0.213. The number of amides is 1. The van der Waals surface area contributed by atoms with Crippen molar-refractivity contribution >= 4 is 22.8 Å². The Morgan fingerprint density at radius 3 is 2.57 bits per heavy atom. The van der Waals surface area contributed by atoms with E-state index in [1.165, 1.54) is 32.1 Å². The first-order chi connectivity index (χ1) is 10.0. The van der Waals surface area contributed by atoms with E-state index in [0.717, 1.165) is 24.0 Å². The van der Waals surface area contributed by atoms with Crippen LogP contribution in [0.1, 0.15) is 52.9 Å². The third-order valence-electron chi connectivity index (χ3n) is 4.41. The molecule has 0 bridgehead atoms. The molecule has 1 saturated carbocycles. The summed E-state index contributed by atoms with van der Waals surface area (Å²) < 4.78 is 0. The number of amidine groups is 1. The quantitative estimate of drug-likeness (QED) is 0.839. The average molecular weight is 311 g/mol. The molecule has 1 unspecified atom stereocenters. The van der Waals surface area contributed by atoms with Crippen LogP contribution in [0.3, 0.4) is 0 Å². The molecule has 0 aromatic carbocycles. The van der Waals surface area contributed by atoms with Gasteiger partial charge in [0.15, 0.2) is 5.17 Å². The molecule has 21 heavy (non-hydrogen) atoms. The number of hydrogen-bond acceptors (Lipinski definition) is 4. The summed E-state index contributed by atoms with van der Waals surface area (Å²) in [5.74, 6) is 1.69. The highest BCUT2D eigenvalue weighted by atomic mass is 32.2. The van der Waals surface area contributed by atoms with Crippen LogP contribution >= 0.6 is 11.8 Å². The van der Waals surface area contributed by atoms with Crippen LogP contribution in [0.15, 0.2) is 4.99 Å². The molecule has 2 aliphatic rings. The lowest BCUT2D eigenvalue weighted by molar-refractivity contribution is -0.122. The van der Waals surface area contributed by atoms with Gasteiger partial charge in [-0.3, -0.25) is 9.79 Å². The number of rotatable bonds is 4. The highest BCUT2D eigenvalue weighted by molar-refractivity contribution is 8.13. The van der Waals surface area contributed by atoms with E-state index < -0.39 is 0 Å². The molecular formula is C16H29N3OS. The van der Waals surface area contributed by atoms with Crippen LogP contribution in [0, 0.1) is 11.3 Å². The van der Waals surface area contributed by atoms with Gasteiger partial charge in [-0.1, -0.05) is 44.9 Å². The first-order valence-electron chi connectivity index (χ1n) is 8.22. The second-order valence-electron chi connectivity index (χ2n) is 6.98. The molecule has 120 valence electrons. The van der Waals surface area contributed by atoms with Gasteiger partial charge in [0.05, 0.1) is 0 Å². The molecule has 0 aromatic heterocycles. The molecule has 1 heterocycles. The summed E-state index contributed by atoms with van der Waals surface area (Å²) in [6.45, 7) is 7.77. The summed E-state index contributed by atoms with van der Waals surface area (Å²) in [6.07, 6.45) is 6.73. The number of carbonyl (C=O) groups excluding carboxylic acids is 1. The van der Waals surface area contributed by atoms with E-state index >= 15 is 0 Å². The number of hydrogen-bond donors (Lipinski definition) is 2. The van der Waals surface area contributed by atoms with Gasteiger partial charge in [-0.05, 0) is 31.1 Å². The Bertz CT molecular complexity index is 389. The lowest BCUT2D eigenvalue weighted by Crippen LogP contribution is -2.46. The van der Waals surface area contributed by atoms with Gasteiger partial charge in [0.2, 0.25) is 5.91 Å². The van der Waals surface area contributed by atoms with Gasteiger partial charge >= 0.3 is 0 Å². The molecule has 2 N–H and O–H groups in total. The van der Waals surface area contributed by atoms with Gasteiger partial charge in [-0.15, -0.1) is 0 Å². The van der Waals surface area contributed by atoms with Crippen LogP contribution in [0.5, 0.6) is 0 Å². The van der Waals surface area contributed by atoms with Crippen LogP contribution < -0.4 is 10.6 Å². The molecule has 0 radical (unpaired) electrons. The predicted octanol–water partition coefficient (Wildman–Crippen LogP) is 2.79. The van der Waals surface area contributed by atoms with Crippen LogP contribution in [0.25, 0.3) is 0 Å². The van der Waals surface area contributed by atoms with Gasteiger partial charge in [0.1, 0.15) is 6.04 Å². The van der Waals surface area contributed by atoms with Gasteiger partial charge in [-0.2, -0.15) is 0 Å². The Morgan fingerprint density at radius 1 is 1.29 bits per heavy atom. The number of aliphatic imine (C=N–C) groups is 1. The summed E-state index contributed by atoms with van der Waals surface area (Å²) >= 11 is 1.80. The summed E-state index contributed by atoms with van der Waals surface area (Å²) in [7, 11) is 0. The Kier molecular flexibility index (Phi) is 5.97. The fourth-order valence-electron chi connectivity index (χ4n) is 2.95. The Labute approximate surface area is 132 Å². The molecule has 1 amide bonds. The summed E-state index contributed by atoms with van der Waals surface area (Å²) in [5.41, 5.74) is 0.442. The zero-order valence-electron chi connectivity index (χ0n) is 13.6. The second kappa shape index (κ2) is 7.52.